The Morgan fingerprint density at radius 1 is 1.10 bits per heavy atom. The van der Waals surface area contributed by atoms with Crippen molar-refractivity contribution in [2.75, 3.05) is 0 Å². The lowest BCUT2D eigenvalue weighted by molar-refractivity contribution is 0.575. The average Bonchev–Trinajstić information content (AvgIpc) is 2.66. The number of hydrogen-bond acceptors (Lipinski definition) is 3. The predicted octanol–water partition coefficient (Wildman–Crippen LogP) is 3.80. The Morgan fingerprint density at radius 3 is 2.00 bits per heavy atom. The fourth-order valence-corrected chi connectivity index (χ4v) is 3.79. The van der Waals surface area contributed by atoms with Crippen molar-refractivity contribution in [1.82, 2.24) is 9.19 Å². The van der Waals surface area contributed by atoms with E-state index in [0.29, 0.717) is 11.4 Å². The Labute approximate surface area is 134 Å². The van der Waals surface area contributed by atoms with Gasteiger partial charge < -0.3 is 0 Å². The molecule has 2 rings (SSSR count). The van der Waals surface area contributed by atoms with Crippen LogP contribution in [0.4, 0.5) is 0 Å². The molecule has 0 amide bonds. The molecule has 21 heavy (non-hydrogen) atoms. The standard InChI is InChI=1S/C15H19BrN2O2S/c1-10-14(16)11(2)18(17-10)21(19,20)13-8-6-12(7-9-13)15(3,4)5/h6-9H,1-5H3. The van der Waals surface area contributed by atoms with E-state index >= 15 is 0 Å². The van der Waals surface area contributed by atoms with Crippen molar-refractivity contribution in [3.8, 4) is 0 Å². The molecular weight excluding hydrogens is 352 g/mol. The van der Waals surface area contributed by atoms with Crippen LogP contribution in [-0.4, -0.2) is 17.6 Å². The third kappa shape index (κ3) is 2.92. The number of aryl methyl sites for hydroxylation is 1. The number of hydrogen-bond donors (Lipinski definition) is 0. The topological polar surface area (TPSA) is 52.0 Å². The van der Waals surface area contributed by atoms with Gasteiger partial charge in [-0.15, -0.1) is 0 Å². The summed E-state index contributed by atoms with van der Waals surface area (Å²) in [5, 5.41) is 4.11. The van der Waals surface area contributed by atoms with E-state index < -0.39 is 10.0 Å². The summed E-state index contributed by atoms with van der Waals surface area (Å²) in [5.74, 6) is 0. The Bertz CT molecular complexity index is 769. The van der Waals surface area contributed by atoms with Crippen molar-refractivity contribution >= 4 is 26.0 Å². The second-order valence-corrected chi connectivity index (χ2v) is 8.67. The molecule has 0 aliphatic heterocycles. The van der Waals surface area contributed by atoms with Gasteiger partial charge in [0.15, 0.2) is 0 Å². The van der Waals surface area contributed by atoms with E-state index in [2.05, 4.69) is 41.8 Å². The minimum atomic E-state index is -3.66. The molecule has 0 aliphatic rings. The van der Waals surface area contributed by atoms with Crippen LogP contribution in [0.3, 0.4) is 0 Å². The van der Waals surface area contributed by atoms with Gasteiger partial charge in [-0.25, -0.2) is 0 Å². The van der Waals surface area contributed by atoms with Gasteiger partial charge in [-0.3, -0.25) is 0 Å². The number of aromatic nitrogens is 2. The highest BCUT2D eigenvalue weighted by Gasteiger charge is 2.23. The number of rotatable bonds is 2. The zero-order valence-corrected chi connectivity index (χ0v) is 15.2. The monoisotopic (exact) mass is 370 g/mol. The second-order valence-electron chi connectivity index (χ2n) is 6.11. The van der Waals surface area contributed by atoms with Crippen LogP contribution in [0.15, 0.2) is 33.6 Å². The smallest absolute Gasteiger partial charge is 0.199 e. The van der Waals surface area contributed by atoms with Crippen molar-refractivity contribution in [3.63, 3.8) is 0 Å². The molecule has 2 aromatic rings. The zero-order chi connectivity index (χ0) is 16.0. The fraction of sp³-hybridized carbons (Fsp3) is 0.400. The molecule has 0 unspecified atom stereocenters. The van der Waals surface area contributed by atoms with Gasteiger partial charge in [0.2, 0.25) is 0 Å². The fourth-order valence-electron chi connectivity index (χ4n) is 2.06. The number of benzene rings is 1. The molecule has 0 bridgehead atoms. The predicted molar refractivity (Wildman–Crippen MR) is 87.1 cm³/mol. The molecule has 0 aliphatic carbocycles. The summed E-state index contributed by atoms with van der Waals surface area (Å²) in [4.78, 5) is 0.244. The molecule has 1 aromatic heterocycles. The summed E-state index contributed by atoms with van der Waals surface area (Å²) in [5.41, 5.74) is 2.31. The molecule has 114 valence electrons. The summed E-state index contributed by atoms with van der Waals surface area (Å²) >= 11 is 3.35. The van der Waals surface area contributed by atoms with Crippen LogP contribution in [0.25, 0.3) is 0 Å². The maximum absolute atomic E-state index is 12.7. The van der Waals surface area contributed by atoms with Crippen molar-refractivity contribution in [2.45, 2.75) is 44.9 Å². The molecule has 0 N–H and O–H groups in total. The quantitative estimate of drug-likeness (QED) is 0.807. The van der Waals surface area contributed by atoms with Gasteiger partial charge >= 0.3 is 0 Å². The van der Waals surface area contributed by atoms with Crippen LogP contribution in [0.1, 0.15) is 37.7 Å². The molecule has 0 fully saturated rings. The molecule has 0 atom stereocenters. The van der Waals surface area contributed by atoms with Gasteiger partial charge in [0.1, 0.15) is 0 Å². The first-order valence-electron chi connectivity index (χ1n) is 6.63. The molecule has 1 aromatic carbocycles. The summed E-state index contributed by atoms with van der Waals surface area (Å²) in [6.07, 6.45) is 0. The van der Waals surface area contributed by atoms with Crippen molar-refractivity contribution in [1.29, 1.82) is 0 Å². The highest BCUT2D eigenvalue weighted by atomic mass is 79.9. The van der Waals surface area contributed by atoms with E-state index in [1.165, 1.54) is 0 Å². The van der Waals surface area contributed by atoms with E-state index in [-0.39, 0.29) is 10.3 Å². The van der Waals surface area contributed by atoms with Gasteiger partial charge in [0, 0.05) is 0 Å². The van der Waals surface area contributed by atoms with Crippen LogP contribution < -0.4 is 0 Å². The van der Waals surface area contributed by atoms with Crippen molar-refractivity contribution in [3.05, 3.63) is 45.7 Å². The Hall–Kier alpha value is -1.14. The van der Waals surface area contributed by atoms with Gasteiger partial charge in [-0.2, -0.15) is 17.6 Å². The molecule has 6 heteroatoms. The Kier molecular flexibility index (Phi) is 4.06. The lowest BCUT2D eigenvalue weighted by Crippen LogP contribution is -2.17. The first-order chi connectivity index (χ1) is 9.55. The molecule has 0 spiro atoms. The molecule has 0 saturated carbocycles. The van der Waals surface area contributed by atoms with Crippen LogP contribution in [-0.2, 0) is 15.4 Å². The second kappa shape index (κ2) is 5.25. The zero-order valence-electron chi connectivity index (χ0n) is 12.8. The average molecular weight is 371 g/mol. The Balaban J connectivity index is 2.52. The molecule has 0 saturated heterocycles. The lowest BCUT2D eigenvalue weighted by atomic mass is 9.87. The summed E-state index contributed by atoms with van der Waals surface area (Å²) in [6, 6.07) is 6.99. The minimum Gasteiger partial charge on any atom is -0.199 e. The van der Waals surface area contributed by atoms with E-state index in [0.717, 1.165) is 14.1 Å². The minimum absolute atomic E-state index is 0.0104. The summed E-state index contributed by atoms with van der Waals surface area (Å²) < 4.78 is 27.1. The van der Waals surface area contributed by atoms with Gasteiger partial charge in [-0.1, -0.05) is 32.9 Å². The molecule has 4 nitrogen and oxygen atoms in total. The first-order valence-corrected chi connectivity index (χ1v) is 8.86. The maximum Gasteiger partial charge on any atom is 0.283 e. The maximum atomic E-state index is 12.7. The van der Waals surface area contributed by atoms with Gasteiger partial charge in [-0.05, 0) is 52.9 Å². The van der Waals surface area contributed by atoms with Crippen LogP contribution in [0.2, 0.25) is 0 Å². The molecule has 1 heterocycles. The molecule has 0 radical (unpaired) electrons. The van der Waals surface area contributed by atoms with Crippen molar-refractivity contribution in [2.24, 2.45) is 0 Å². The van der Waals surface area contributed by atoms with Gasteiger partial charge in [0.05, 0.1) is 20.8 Å². The largest absolute Gasteiger partial charge is 0.283 e. The van der Waals surface area contributed by atoms with Crippen LogP contribution in [0, 0.1) is 13.8 Å². The van der Waals surface area contributed by atoms with Crippen molar-refractivity contribution < 1.29 is 8.42 Å². The SMILES string of the molecule is Cc1nn(S(=O)(=O)c2ccc(C(C)(C)C)cc2)c(C)c1Br. The van der Waals surface area contributed by atoms with E-state index in [9.17, 15) is 8.42 Å². The lowest BCUT2D eigenvalue weighted by Gasteiger charge is -2.19. The number of halogens is 1. The first kappa shape index (κ1) is 16.2. The van der Waals surface area contributed by atoms with E-state index in [1.807, 2.05) is 12.1 Å². The normalized spacial score (nSPS) is 12.7. The Morgan fingerprint density at radius 2 is 1.62 bits per heavy atom. The highest BCUT2D eigenvalue weighted by Crippen LogP contribution is 2.26. The summed E-state index contributed by atoms with van der Waals surface area (Å²) in [6.45, 7) is 9.77. The van der Waals surface area contributed by atoms with E-state index in [1.54, 1.807) is 26.0 Å². The van der Waals surface area contributed by atoms with Crippen LogP contribution in [0.5, 0.6) is 0 Å². The third-order valence-corrected chi connectivity index (χ3v) is 6.24. The molecular formula is C15H19BrN2O2S. The van der Waals surface area contributed by atoms with E-state index in [4.69, 9.17) is 0 Å². The van der Waals surface area contributed by atoms with Gasteiger partial charge in [0.25, 0.3) is 10.0 Å². The van der Waals surface area contributed by atoms with Crippen LogP contribution >= 0.6 is 15.9 Å². The summed E-state index contributed by atoms with van der Waals surface area (Å²) in [7, 11) is -3.66. The number of nitrogens with zero attached hydrogens (tertiary/aromatic N) is 2. The third-order valence-electron chi connectivity index (χ3n) is 3.41. The highest BCUT2D eigenvalue weighted by molar-refractivity contribution is 9.10.